The number of nitrogens with zero attached hydrogens (tertiary/aromatic N) is 3. The first-order valence-corrected chi connectivity index (χ1v) is 9.71. The van der Waals surface area contributed by atoms with E-state index in [1.807, 2.05) is 30.3 Å². The molecule has 7 nitrogen and oxygen atoms in total. The van der Waals surface area contributed by atoms with Crippen LogP contribution in [0.3, 0.4) is 0 Å². The van der Waals surface area contributed by atoms with Gasteiger partial charge >= 0.3 is 0 Å². The highest BCUT2D eigenvalue weighted by atomic mass is 32.2. The van der Waals surface area contributed by atoms with Crippen LogP contribution in [0.1, 0.15) is 21.6 Å². The number of benzene rings is 1. The van der Waals surface area contributed by atoms with Crippen molar-refractivity contribution in [3.63, 3.8) is 0 Å². The van der Waals surface area contributed by atoms with Crippen molar-refractivity contribution in [1.82, 2.24) is 20.4 Å². The summed E-state index contributed by atoms with van der Waals surface area (Å²) in [4.78, 5) is 31.3. The van der Waals surface area contributed by atoms with Crippen LogP contribution in [0.2, 0.25) is 0 Å². The van der Waals surface area contributed by atoms with E-state index in [2.05, 4.69) is 15.5 Å². The number of amides is 2. The smallest absolute Gasteiger partial charge is 0.257 e. The molecule has 1 saturated heterocycles. The Morgan fingerprint density at radius 2 is 2.15 bits per heavy atom. The van der Waals surface area contributed by atoms with Crippen molar-refractivity contribution in [3.8, 4) is 0 Å². The molecular formula is C19H18N4O3S. The van der Waals surface area contributed by atoms with E-state index in [0.717, 1.165) is 5.56 Å². The Bertz CT molecular complexity index is 989. The lowest BCUT2D eigenvalue weighted by molar-refractivity contribution is -0.124. The van der Waals surface area contributed by atoms with Gasteiger partial charge in [-0.25, -0.2) is 4.98 Å². The lowest BCUT2D eigenvalue weighted by Crippen LogP contribution is -2.47. The first-order valence-electron chi connectivity index (χ1n) is 8.56. The van der Waals surface area contributed by atoms with Crippen LogP contribution in [0.15, 0.2) is 47.1 Å². The van der Waals surface area contributed by atoms with Gasteiger partial charge in [-0.1, -0.05) is 35.5 Å². The molecule has 27 heavy (non-hydrogen) atoms. The summed E-state index contributed by atoms with van der Waals surface area (Å²) in [5.41, 5.74) is 2.53. The number of nitrogens with one attached hydrogen (secondary N) is 1. The zero-order valence-corrected chi connectivity index (χ0v) is 15.5. The van der Waals surface area contributed by atoms with Gasteiger partial charge in [0.2, 0.25) is 5.91 Å². The summed E-state index contributed by atoms with van der Waals surface area (Å²) in [5, 5.41) is 7.49. The Kier molecular flexibility index (Phi) is 4.81. The number of carbonyl (C=O) groups excluding carboxylic acids is 2. The van der Waals surface area contributed by atoms with Crippen molar-refractivity contribution in [2.24, 2.45) is 0 Å². The fourth-order valence-corrected chi connectivity index (χ4v) is 4.14. The lowest BCUT2D eigenvalue weighted by atomic mass is 10.1. The minimum Gasteiger partial charge on any atom is -0.350 e. The number of pyridine rings is 1. The Hall–Kier alpha value is -2.87. The van der Waals surface area contributed by atoms with E-state index in [1.54, 1.807) is 29.7 Å². The lowest BCUT2D eigenvalue weighted by Gasteiger charge is -2.23. The Morgan fingerprint density at radius 3 is 2.96 bits per heavy atom. The molecule has 0 aliphatic carbocycles. The van der Waals surface area contributed by atoms with Crippen LogP contribution in [-0.4, -0.2) is 44.5 Å². The first kappa shape index (κ1) is 17.5. The molecule has 0 spiro atoms. The standard InChI is InChI=1S/C19H18N4O3S/c1-12-15-7-14(9-21-18(15)26-22-12)19(25)23-11-27-10-16(23)17(24)20-8-13-5-3-2-4-6-13/h2-7,9,16H,8,10-11H2,1H3,(H,20,24). The van der Waals surface area contributed by atoms with E-state index in [0.29, 0.717) is 40.5 Å². The number of rotatable bonds is 4. The molecule has 1 aromatic carbocycles. The van der Waals surface area contributed by atoms with E-state index in [-0.39, 0.29) is 11.8 Å². The second-order valence-corrected chi connectivity index (χ2v) is 7.34. The van der Waals surface area contributed by atoms with Crippen LogP contribution in [-0.2, 0) is 11.3 Å². The Balaban J connectivity index is 1.48. The molecule has 0 radical (unpaired) electrons. The van der Waals surface area contributed by atoms with Gasteiger partial charge in [0.1, 0.15) is 6.04 Å². The van der Waals surface area contributed by atoms with Gasteiger partial charge in [0, 0.05) is 18.5 Å². The molecule has 3 heterocycles. The molecule has 1 atom stereocenters. The predicted molar refractivity (Wildman–Crippen MR) is 102 cm³/mol. The molecule has 2 aromatic heterocycles. The predicted octanol–water partition coefficient (Wildman–Crippen LogP) is 2.36. The van der Waals surface area contributed by atoms with Gasteiger partial charge in [-0.2, -0.15) is 0 Å². The molecule has 138 valence electrons. The van der Waals surface area contributed by atoms with Crippen LogP contribution in [0.5, 0.6) is 0 Å². The molecule has 1 aliphatic rings. The molecule has 3 aromatic rings. The van der Waals surface area contributed by atoms with Gasteiger partial charge in [-0.05, 0) is 18.6 Å². The summed E-state index contributed by atoms with van der Waals surface area (Å²) >= 11 is 1.56. The Labute approximate surface area is 160 Å². The average Bonchev–Trinajstić information content (AvgIpc) is 3.33. The highest BCUT2D eigenvalue weighted by molar-refractivity contribution is 7.99. The van der Waals surface area contributed by atoms with Gasteiger partial charge in [0.25, 0.3) is 11.6 Å². The molecule has 1 aliphatic heterocycles. The van der Waals surface area contributed by atoms with Crippen LogP contribution < -0.4 is 5.32 Å². The highest BCUT2D eigenvalue weighted by Crippen LogP contribution is 2.25. The number of thioether (sulfide) groups is 1. The first-order chi connectivity index (χ1) is 13.1. The molecule has 4 rings (SSSR count). The van der Waals surface area contributed by atoms with Crippen molar-refractivity contribution in [3.05, 3.63) is 59.4 Å². The summed E-state index contributed by atoms with van der Waals surface area (Å²) in [6.45, 7) is 2.24. The maximum atomic E-state index is 13.0. The number of fused-ring (bicyclic) bond motifs is 1. The molecule has 1 N–H and O–H groups in total. The SMILES string of the molecule is Cc1noc2ncc(C(=O)N3CSCC3C(=O)NCc3ccccc3)cc12. The van der Waals surface area contributed by atoms with Crippen molar-refractivity contribution >= 4 is 34.7 Å². The van der Waals surface area contributed by atoms with Crippen LogP contribution in [0.25, 0.3) is 11.1 Å². The molecule has 2 amide bonds. The average molecular weight is 382 g/mol. The zero-order valence-electron chi connectivity index (χ0n) is 14.7. The van der Waals surface area contributed by atoms with Crippen molar-refractivity contribution in [1.29, 1.82) is 0 Å². The van der Waals surface area contributed by atoms with Crippen molar-refractivity contribution in [2.75, 3.05) is 11.6 Å². The maximum Gasteiger partial charge on any atom is 0.257 e. The largest absolute Gasteiger partial charge is 0.350 e. The van der Waals surface area contributed by atoms with Gasteiger partial charge in [0.05, 0.1) is 22.5 Å². The third-order valence-corrected chi connectivity index (χ3v) is 5.52. The number of carbonyl (C=O) groups is 2. The van der Waals surface area contributed by atoms with E-state index in [9.17, 15) is 9.59 Å². The highest BCUT2D eigenvalue weighted by Gasteiger charge is 2.35. The molecule has 0 bridgehead atoms. The molecule has 1 fully saturated rings. The van der Waals surface area contributed by atoms with E-state index in [4.69, 9.17) is 4.52 Å². The molecule has 8 heteroatoms. The van der Waals surface area contributed by atoms with Crippen LogP contribution >= 0.6 is 11.8 Å². The van der Waals surface area contributed by atoms with Crippen LogP contribution in [0.4, 0.5) is 0 Å². The fourth-order valence-electron chi connectivity index (χ4n) is 2.99. The Morgan fingerprint density at radius 1 is 1.33 bits per heavy atom. The fraction of sp³-hybridized carbons (Fsp3) is 0.263. The zero-order chi connectivity index (χ0) is 18.8. The van der Waals surface area contributed by atoms with E-state index < -0.39 is 6.04 Å². The molecular weight excluding hydrogens is 364 g/mol. The monoisotopic (exact) mass is 382 g/mol. The van der Waals surface area contributed by atoms with Gasteiger partial charge < -0.3 is 14.7 Å². The normalized spacial score (nSPS) is 16.6. The summed E-state index contributed by atoms with van der Waals surface area (Å²) < 4.78 is 5.09. The van der Waals surface area contributed by atoms with Crippen LogP contribution in [0, 0.1) is 6.92 Å². The van der Waals surface area contributed by atoms with Crippen molar-refractivity contribution in [2.45, 2.75) is 19.5 Å². The van der Waals surface area contributed by atoms with Gasteiger partial charge in [-0.15, -0.1) is 11.8 Å². The molecule has 1 unspecified atom stereocenters. The van der Waals surface area contributed by atoms with E-state index in [1.165, 1.54) is 6.20 Å². The van der Waals surface area contributed by atoms with Gasteiger partial charge in [-0.3, -0.25) is 9.59 Å². The summed E-state index contributed by atoms with van der Waals surface area (Å²) in [6, 6.07) is 10.9. The number of aromatic nitrogens is 2. The minimum atomic E-state index is -0.495. The minimum absolute atomic E-state index is 0.146. The second-order valence-electron chi connectivity index (χ2n) is 6.34. The molecule has 0 saturated carbocycles. The summed E-state index contributed by atoms with van der Waals surface area (Å²) in [6.07, 6.45) is 1.47. The number of aryl methyl sites for hydroxylation is 1. The third kappa shape index (κ3) is 3.52. The number of hydrogen-bond donors (Lipinski definition) is 1. The summed E-state index contributed by atoms with van der Waals surface area (Å²) in [5.74, 6) is 0.694. The number of hydrogen-bond acceptors (Lipinski definition) is 6. The summed E-state index contributed by atoms with van der Waals surface area (Å²) in [7, 11) is 0. The maximum absolute atomic E-state index is 13.0. The third-order valence-electron chi connectivity index (χ3n) is 4.51. The second kappa shape index (κ2) is 7.40. The van der Waals surface area contributed by atoms with E-state index >= 15 is 0 Å². The van der Waals surface area contributed by atoms with Crippen molar-refractivity contribution < 1.29 is 14.1 Å². The quantitative estimate of drug-likeness (QED) is 0.745. The van der Waals surface area contributed by atoms with Gasteiger partial charge in [0.15, 0.2) is 0 Å². The topological polar surface area (TPSA) is 88.3 Å².